The zero-order valence-corrected chi connectivity index (χ0v) is 13.5. The predicted molar refractivity (Wildman–Crippen MR) is 81.1 cm³/mol. The fraction of sp³-hybridized carbons (Fsp3) is 0.417. The van der Waals surface area contributed by atoms with Crippen molar-refractivity contribution >= 4 is 55.1 Å². The van der Waals surface area contributed by atoms with Crippen LogP contribution in [0.5, 0.6) is 0 Å². The van der Waals surface area contributed by atoms with Gasteiger partial charge in [-0.2, -0.15) is 0 Å². The summed E-state index contributed by atoms with van der Waals surface area (Å²) in [5, 5.41) is 6.76. The molecule has 1 aromatic carbocycles. The first-order chi connectivity index (χ1) is 8.58. The SMILES string of the molecule is O=C(Nc1c(Br)cc(Cl)cc1Br)[C@@H]1CCCCN1. The maximum Gasteiger partial charge on any atom is 0.241 e. The third-order valence-electron chi connectivity index (χ3n) is 2.88. The van der Waals surface area contributed by atoms with E-state index in [9.17, 15) is 4.79 Å². The van der Waals surface area contributed by atoms with Gasteiger partial charge in [0.25, 0.3) is 0 Å². The molecule has 18 heavy (non-hydrogen) atoms. The van der Waals surface area contributed by atoms with E-state index in [-0.39, 0.29) is 11.9 Å². The van der Waals surface area contributed by atoms with Crippen molar-refractivity contribution in [2.75, 3.05) is 11.9 Å². The van der Waals surface area contributed by atoms with E-state index < -0.39 is 0 Å². The van der Waals surface area contributed by atoms with E-state index in [1.807, 2.05) is 0 Å². The first-order valence-electron chi connectivity index (χ1n) is 5.76. The minimum atomic E-state index is -0.103. The number of rotatable bonds is 2. The summed E-state index contributed by atoms with van der Waals surface area (Å²) in [5.41, 5.74) is 0.719. The van der Waals surface area contributed by atoms with Crippen LogP contribution in [0, 0.1) is 0 Å². The summed E-state index contributed by atoms with van der Waals surface area (Å²) >= 11 is 12.7. The van der Waals surface area contributed by atoms with E-state index in [2.05, 4.69) is 42.5 Å². The molecule has 2 rings (SSSR count). The fourth-order valence-electron chi connectivity index (χ4n) is 1.95. The molecule has 1 fully saturated rings. The predicted octanol–water partition coefficient (Wildman–Crippen LogP) is 3.95. The van der Waals surface area contributed by atoms with Crippen molar-refractivity contribution in [3.63, 3.8) is 0 Å². The number of nitrogens with one attached hydrogen (secondary N) is 2. The van der Waals surface area contributed by atoms with Gasteiger partial charge in [0, 0.05) is 14.0 Å². The van der Waals surface area contributed by atoms with Crippen molar-refractivity contribution in [2.24, 2.45) is 0 Å². The van der Waals surface area contributed by atoms with Crippen LogP contribution in [-0.4, -0.2) is 18.5 Å². The fourth-order valence-corrected chi connectivity index (χ4v) is 3.81. The molecule has 1 aliphatic heterocycles. The lowest BCUT2D eigenvalue weighted by Crippen LogP contribution is -2.43. The molecule has 0 bridgehead atoms. The van der Waals surface area contributed by atoms with Crippen LogP contribution in [0.15, 0.2) is 21.1 Å². The Labute approximate surface area is 128 Å². The molecule has 0 saturated carbocycles. The Hall–Kier alpha value is -0.100. The zero-order chi connectivity index (χ0) is 13.1. The smallest absolute Gasteiger partial charge is 0.241 e. The Bertz CT molecular complexity index is 438. The number of amides is 1. The standard InChI is InChI=1S/C12H13Br2ClN2O/c13-8-5-7(15)6-9(14)11(8)17-12(18)10-3-1-2-4-16-10/h5-6,10,16H,1-4H2,(H,17,18)/t10-/m0/s1. The summed E-state index contributed by atoms with van der Waals surface area (Å²) in [4.78, 5) is 12.1. The second-order valence-electron chi connectivity index (χ2n) is 4.24. The lowest BCUT2D eigenvalue weighted by molar-refractivity contribution is -0.118. The summed E-state index contributed by atoms with van der Waals surface area (Å²) in [7, 11) is 0. The number of hydrogen-bond acceptors (Lipinski definition) is 2. The van der Waals surface area contributed by atoms with Gasteiger partial charge in [-0.3, -0.25) is 4.79 Å². The van der Waals surface area contributed by atoms with E-state index in [1.165, 1.54) is 0 Å². The maximum atomic E-state index is 12.1. The molecule has 0 spiro atoms. The first-order valence-corrected chi connectivity index (χ1v) is 7.73. The zero-order valence-electron chi connectivity index (χ0n) is 9.60. The van der Waals surface area contributed by atoms with Crippen LogP contribution >= 0.6 is 43.5 Å². The molecule has 0 aliphatic carbocycles. The molecule has 1 atom stereocenters. The van der Waals surface area contributed by atoms with Crippen molar-refractivity contribution in [3.05, 3.63) is 26.1 Å². The van der Waals surface area contributed by atoms with Crippen molar-refractivity contribution < 1.29 is 4.79 Å². The summed E-state index contributed by atoms with van der Waals surface area (Å²) < 4.78 is 1.54. The van der Waals surface area contributed by atoms with Crippen LogP contribution in [0.1, 0.15) is 19.3 Å². The molecule has 0 aromatic heterocycles. The molecule has 2 N–H and O–H groups in total. The number of hydrogen-bond donors (Lipinski definition) is 2. The summed E-state index contributed by atoms with van der Waals surface area (Å²) in [6.45, 7) is 0.904. The van der Waals surface area contributed by atoms with E-state index in [4.69, 9.17) is 11.6 Å². The van der Waals surface area contributed by atoms with Gasteiger partial charge >= 0.3 is 0 Å². The molecule has 1 heterocycles. The first kappa shape index (κ1) is 14.3. The minimum Gasteiger partial charge on any atom is -0.323 e. The summed E-state index contributed by atoms with van der Waals surface area (Å²) in [5.74, 6) is -0.00146. The van der Waals surface area contributed by atoms with Crippen LogP contribution in [-0.2, 0) is 4.79 Å². The monoisotopic (exact) mass is 394 g/mol. The Kier molecular flexibility index (Phi) is 5.06. The molecule has 1 saturated heterocycles. The third-order valence-corrected chi connectivity index (χ3v) is 4.35. The van der Waals surface area contributed by atoms with Crippen molar-refractivity contribution in [1.29, 1.82) is 0 Å². The van der Waals surface area contributed by atoms with Crippen LogP contribution in [0.3, 0.4) is 0 Å². The number of anilines is 1. The van der Waals surface area contributed by atoms with Crippen molar-refractivity contribution in [2.45, 2.75) is 25.3 Å². The molecular weight excluding hydrogens is 383 g/mol. The van der Waals surface area contributed by atoms with Crippen LogP contribution < -0.4 is 10.6 Å². The number of benzene rings is 1. The lowest BCUT2D eigenvalue weighted by atomic mass is 10.0. The maximum absolute atomic E-state index is 12.1. The van der Waals surface area contributed by atoms with Crippen LogP contribution in [0.2, 0.25) is 5.02 Å². The van der Waals surface area contributed by atoms with Gasteiger partial charge < -0.3 is 10.6 Å². The molecule has 98 valence electrons. The average Bonchev–Trinajstić information content (AvgIpc) is 2.34. The average molecular weight is 397 g/mol. The molecular formula is C12H13Br2ClN2O. The topological polar surface area (TPSA) is 41.1 Å². The molecule has 0 unspecified atom stereocenters. The van der Waals surface area contributed by atoms with Gasteiger partial charge in [-0.15, -0.1) is 0 Å². The van der Waals surface area contributed by atoms with Gasteiger partial charge in [-0.05, 0) is 63.4 Å². The molecule has 1 aromatic rings. The highest BCUT2D eigenvalue weighted by Gasteiger charge is 2.21. The number of carbonyl (C=O) groups excluding carboxylic acids is 1. The van der Waals surface area contributed by atoms with Crippen molar-refractivity contribution in [1.82, 2.24) is 5.32 Å². The Morgan fingerprint density at radius 2 is 2.00 bits per heavy atom. The minimum absolute atomic E-state index is 0.00146. The highest BCUT2D eigenvalue weighted by Crippen LogP contribution is 2.34. The molecule has 3 nitrogen and oxygen atoms in total. The second kappa shape index (κ2) is 6.37. The summed E-state index contributed by atoms with van der Waals surface area (Å²) in [6.07, 6.45) is 3.11. The van der Waals surface area contributed by atoms with Gasteiger partial charge in [-0.1, -0.05) is 18.0 Å². The Balaban J connectivity index is 2.11. The number of halogens is 3. The molecule has 1 aliphatic rings. The lowest BCUT2D eigenvalue weighted by Gasteiger charge is -2.23. The quantitative estimate of drug-likeness (QED) is 0.795. The van der Waals surface area contributed by atoms with E-state index >= 15 is 0 Å². The van der Waals surface area contributed by atoms with Gasteiger partial charge in [0.15, 0.2) is 0 Å². The number of carbonyl (C=O) groups is 1. The third kappa shape index (κ3) is 3.47. The highest BCUT2D eigenvalue weighted by molar-refractivity contribution is 9.11. The van der Waals surface area contributed by atoms with E-state index in [0.717, 1.165) is 40.4 Å². The molecule has 1 amide bonds. The van der Waals surface area contributed by atoms with E-state index in [1.54, 1.807) is 12.1 Å². The highest BCUT2D eigenvalue weighted by atomic mass is 79.9. The van der Waals surface area contributed by atoms with Gasteiger partial charge in [0.1, 0.15) is 0 Å². The summed E-state index contributed by atoms with van der Waals surface area (Å²) in [6, 6.07) is 3.42. The van der Waals surface area contributed by atoms with Gasteiger partial charge in [0.2, 0.25) is 5.91 Å². The molecule has 6 heteroatoms. The Morgan fingerprint density at radius 3 is 2.56 bits per heavy atom. The van der Waals surface area contributed by atoms with Crippen LogP contribution in [0.25, 0.3) is 0 Å². The van der Waals surface area contributed by atoms with E-state index in [0.29, 0.717) is 5.02 Å². The van der Waals surface area contributed by atoms with Crippen LogP contribution in [0.4, 0.5) is 5.69 Å². The largest absolute Gasteiger partial charge is 0.323 e. The normalized spacial score (nSPS) is 19.6. The van der Waals surface area contributed by atoms with Gasteiger partial charge in [0.05, 0.1) is 11.7 Å². The van der Waals surface area contributed by atoms with Crippen molar-refractivity contribution in [3.8, 4) is 0 Å². The van der Waals surface area contributed by atoms with Gasteiger partial charge in [-0.25, -0.2) is 0 Å². The Morgan fingerprint density at radius 1 is 1.33 bits per heavy atom. The second-order valence-corrected chi connectivity index (χ2v) is 6.38. The number of piperidine rings is 1. The molecule has 0 radical (unpaired) electrons.